The average Bonchev–Trinajstić information content (AvgIpc) is 2.15. The molecule has 0 radical (unpaired) electrons. The summed E-state index contributed by atoms with van der Waals surface area (Å²) in [5.74, 6) is 0.385. The monoisotopic (exact) mass is 272 g/mol. The number of halogens is 2. The number of hydrogen-bond acceptors (Lipinski definition) is 1. The van der Waals surface area contributed by atoms with Gasteiger partial charge in [0.2, 0.25) is 0 Å². The van der Waals surface area contributed by atoms with Crippen molar-refractivity contribution in [2.45, 2.75) is 34.1 Å². The van der Waals surface area contributed by atoms with Crippen molar-refractivity contribution >= 4 is 29.0 Å². The zero-order valence-electron chi connectivity index (χ0n) is 10.7. The van der Waals surface area contributed by atoms with Crippen LogP contribution in [0.1, 0.15) is 44.5 Å². The second-order valence-corrected chi connectivity index (χ2v) is 6.36. The van der Waals surface area contributed by atoms with E-state index < -0.39 is 0 Å². The first kappa shape index (κ1) is 14.5. The SMILES string of the molecule is CC(CC(=O)c1ccc(Cl)cc1Cl)C(C)(C)C. The molecule has 0 saturated heterocycles. The Morgan fingerprint density at radius 2 is 1.88 bits per heavy atom. The van der Waals surface area contributed by atoms with Crippen LogP contribution >= 0.6 is 23.2 Å². The van der Waals surface area contributed by atoms with E-state index in [0.717, 1.165) is 0 Å². The highest BCUT2D eigenvalue weighted by Gasteiger charge is 2.23. The van der Waals surface area contributed by atoms with Crippen LogP contribution in [0, 0.1) is 11.3 Å². The summed E-state index contributed by atoms with van der Waals surface area (Å²) in [5, 5.41) is 0.985. The van der Waals surface area contributed by atoms with E-state index in [2.05, 4.69) is 27.7 Å². The molecule has 0 spiro atoms. The van der Waals surface area contributed by atoms with Crippen molar-refractivity contribution in [3.63, 3.8) is 0 Å². The largest absolute Gasteiger partial charge is 0.294 e. The molecule has 0 saturated carbocycles. The quantitative estimate of drug-likeness (QED) is 0.687. The fourth-order valence-corrected chi connectivity index (χ4v) is 1.92. The van der Waals surface area contributed by atoms with Gasteiger partial charge in [0, 0.05) is 17.0 Å². The Bertz CT molecular complexity index is 419. The standard InChI is InChI=1S/C14H18Cl2O/c1-9(14(2,3)4)7-13(17)11-6-5-10(15)8-12(11)16/h5-6,8-9H,7H2,1-4H3. The van der Waals surface area contributed by atoms with Gasteiger partial charge in [-0.05, 0) is 29.5 Å². The van der Waals surface area contributed by atoms with Crippen LogP contribution in [0.2, 0.25) is 10.0 Å². The maximum Gasteiger partial charge on any atom is 0.164 e. The zero-order chi connectivity index (χ0) is 13.2. The first-order valence-corrected chi connectivity index (χ1v) is 6.45. The lowest BCUT2D eigenvalue weighted by Crippen LogP contribution is -2.20. The van der Waals surface area contributed by atoms with E-state index >= 15 is 0 Å². The van der Waals surface area contributed by atoms with Crippen LogP contribution in [0.25, 0.3) is 0 Å². The molecule has 1 aromatic carbocycles. The molecule has 0 aromatic heterocycles. The van der Waals surface area contributed by atoms with Crippen LogP contribution in [0.3, 0.4) is 0 Å². The number of Topliss-reactive ketones (excluding diaryl/α,β-unsaturated/α-hetero) is 1. The molecule has 17 heavy (non-hydrogen) atoms. The van der Waals surface area contributed by atoms with Crippen molar-refractivity contribution in [1.82, 2.24) is 0 Å². The highest BCUT2D eigenvalue weighted by Crippen LogP contribution is 2.30. The number of rotatable bonds is 3. The van der Waals surface area contributed by atoms with Gasteiger partial charge in [-0.1, -0.05) is 50.9 Å². The molecule has 1 unspecified atom stereocenters. The molecule has 0 bridgehead atoms. The minimum atomic E-state index is 0.0779. The summed E-state index contributed by atoms with van der Waals surface area (Å²) in [6.07, 6.45) is 0.505. The molecule has 0 N–H and O–H groups in total. The summed E-state index contributed by atoms with van der Waals surface area (Å²) in [4.78, 5) is 12.1. The zero-order valence-corrected chi connectivity index (χ0v) is 12.2. The third-order valence-corrected chi connectivity index (χ3v) is 3.75. The van der Waals surface area contributed by atoms with Crippen LogP contribution in [0.5, 0.6) is 0 Å². The predicted molar refractivity (Wildman–Crippen MR) is 74.0 cm³/mol. The van der Waals surface area contributed by atoms with E-state index in [1.54, 1.807) is 18.2 Å². The Labute approximate surface area is 113 Å². The van der Waals surface area contributed by atoms with Crippen LogP contribution in [0.15, 0.2) is 18.2 Å². The number of carbonyl (C=O) groups excluding carboxylic acids is 1. The van der Waals surface area contributed by atoms with E-state index in [-0.39, 0.29) is 11.2 Å². The molecule has 0 fully saturated rings. The third kappa shape index (κ3) is 4.01. The second-order valence-electron chi connectivity index (χ2n) is 5.52. The first-order valence-electron chi connectivity index (χ1n) is 5.70. The van der Waals surface area contributed by atoms with Crippen LogP contribution in [0.4, 0.5) is 0 Å². The average molecular weight is 273 g/mol. The summed E-state index contributed by atoms with van der Waals surface area (Å²) >= 11 is 11.8. The molecule has 0 amide bonds. The third-order valence-electron chi connectivity index (χ3n) is 3.20. The number of benzene rings is 1. The van der Waals surface area contributed by atoms with E-state index in [9.17, 15) is 4.79 Å². The number of hydrogen-bond donors (Lipinski definition) is 0. The molecule has 1 atom stereocenters. The highest BCUT2D eigenvalue weighted by molar-refractivity contribution is 6.36. The van der Waals surface area contributed by atoms with Gasteiger partial charge >= 0.3 is 0 Å². The van der Waals surface area contributed by atoms with Crippen molar-refractivity contribution in [3.05, 3.63) is 33.8 Å². The number of ketones is 1. The van der Waals surface area contributed by atoms with Gasteiger partial charge in [-0.25, -0.2) is 0 Å². The van der Waals surface area contributed by atoms with Gasteiger partial charge in [0.15, 0.2) is 5.78 Å². The number of carbonyl (C=O) groups is 1. The molecule has 94 valence electrons. The molecular formula is C14H18Cl2O. The predicted octanol–water partition coefficient (Wildman–Crippen LogP) is 5.25. The fraction of sp³-hybridized carbons (Fsp3) is 0.500. The lowest BCUT2D eigenvalue weighted by atomic mass is 9.78. The summed E-state index contributed by atoms with van der Waals surface area (Å²) in [6, 6.07) is 5.00. The van der Waals surface area contributed by atoms with Gasteiger partial charge in [0.1, 0.15) is 0 Å². The Kier molecular flexibility index (Phi) is 4.62. The molecule has 1 rings (SSSR count). The van der Waals surface area contributed by atoms with Gasteiger partial charge in [-0.3, -0.25) is 4.79 Å². The van der Waals surface area contributed by atoms with Gasteiger partial charge in [-0.15, -0.1) is 0 Å². The van der Waals surface area contributed by atoms with Crippen LogP contribution in [-0.4, -0.2) is 5.78 Å². The molecule has 0 aliphatic heterocycles. The molecule has 1 aromatic rings. The van der Waals surface area contributed by atoms with Gasteiger partial charge < -0.3 is 0 Å². The van der Waals surface area contributed by atoms with E-state index in [1.807, 2.05) is 0 Å². The maximum atomic E-state index is 12.1. The molecule has 3 heteroatoms. The molecule has 0 aliphatic carbocycles. The smallest absolute Gasteiger partial charge is 0.164 e. The topological polar surface area (TPSA) is 17.1 Å². The summed E-state index contributed by atoms with van der Waals surface area (Å²) in [5.41, 5.74) is 0.682. The van der Waals surface area contributed by atoms with Gasteiger partial charge in [0.25, 0.3) is 0 Å². The van der Waals surface area contributed by atoms with Gasteiger partial charge in [0.05, 0.1) is 5.02 Å². The van der Waals surface area contributed by atoms with Crippen molar-refractivity contribution < 1.29 is 4.79 Å². The molecule has 1 nitrogen and oxygen atoms in total. The molecule has 0 heterocycles. The maximum absolute atomic E-state index is 12.1. The van der Waals surface area contributed by atoms with E-state index in [4.69, 9.17) is 23.2 Å². The Hall–Kier alpha value is -0.530. The minimum Gasteiger partial charge on any atom is -0.294 e. The lowest BCUT2D eigenvalue weighted by Gasteiger charge is -2.26. The van der Waals surface area contributed by atoms with Crippen molar-refractivity contribution in [1.29, 1.82) is 0 Å². The summed E-state index contributed by atoms with van der Waals surface area (Å²) in [7, 11) is 0. The first-order chi connectivity index (χ1) is 7.71. The summed E-state index contributed by atoms with van der Waals surface area (Å²) < 4.78 is 0. The van der Waals surface area contributed by atoms with E-state index in [0.29, 0.717) is 27.9 Å². The van der Waals surface area contributed by atoms with E-state index in [1.165, 1.54) is 0 Å². The normalized spacial score (nSPS) is 13.5. The molecule has 0 aliphatic rings. The van der Waals surface area contributed by atoms with Crippen LogP contribution < -0.4 is 0 Å². The van der Waals surface area contributed by atoms with Crippen molar-refractivity contribution in [2.24, 2.45) is 11.3 Å². The Morgan fingerprint density at radius 3 is 2.35 bits per heavy atom. The minimum absolute atomic E-state index is 0.0779. The Morgan fingerprint density at radius 1 is 1.29 bits per heavy atom. The van der Waals surface area contributed by atoms with Crippen molar-refractivity contribution in [3.8, 4) is 0 Å². The lowest BCUT2D eigenvalue weighted by molar-refractivity contribution is 0.0927. The van der Waals surface area contributed by atoms with Gasteiger partial charge in [-0.2, -0.15) is 0 Å². The molecular weight excluding hydrogens is 255 g/mol. The summed E-state index contributed by atoms with van der Waals surface area (Å²) in [6.45, 7) is 8.49. The second kappa shape index (κ2) is 5.41. The highest BCUT2D eigenvalue weighted by atomic mass is 35.5. The van der Waals surface area contributed by atoms with Crippen molar-refractivity contribution in [2.75, 3.05) is 0 Å². The Balaban J connectivity index is 2.84. The fourth-order valence-electron chi connectivity index (χ4n) is 1.41. The van der Waals surface area contributed by atoms with Crippen LogP contribution in [-0.2, 0) is 0 Å².